The highest BCUT2D eigenvalue weighted by atomic mass is 32.2. The molecular formula is C21H20N4OS2. The van der Waals surface area contributed by atoms with Gasteiger partial charge in [-0.25, -0.2) is 4.98 Å². The van der Waals surface area contributed by atoms with Crippen molar-refractivity contribution in [3.8, 4) is 22.0 Å². The van der Waals surface area contributed by atoms with Crippen LogP contribution in [0, 0.1) is 0 Å². The molecule has 2 aromatic carbocycles. The summed E-state index contributed by atoms with van der Waals surface area (Å²) < 4.78 is 7.40. The lowest BCUT2D eigenvalue weighted by atomic mass is 10.1. The molecule has 0 atom stereocenters. The van der Waals surface area contributed by atoms with Gasteiger partial charge in [0.1, 0.15) is 17.1 Å². The van der Waals surface area contributed by atoms with Crippen molar-refractivity contribution in [2.75, 3.05) is 7.11 Å². The lowest BCUT2D eigenvalue weighted by Crippen LogP contribution is -1.98. The van der Waals surface area contributed by atoms with E-state index < -0.39 is 0 Å². The van der Waals surface area contributed by atoms with Gasteiger partial charge in [0, 0.05) is 16.7 Å². The maximum atomic E-state index is 5.46. The van der Waals surface area contributed by atoms with E-state index in [9.17, 15) is 0 Å². The van der Waals surface area contributed by atoms with Gasteiger partial charge in [-0.05, 0) is 24.1 Å². The van der Waals surface area contributed by atoms with Crippen molar-refractivity contribution in [1.82, 2.24) is 19.7 Å². The molecule has 142 valence electrons. The third-order valence-corrected chi connectivity index (χ3v) is 6.29. The zero-order chi connectivity index (χ0) is 19.3. The van der Waals surface area contributed by atoms with Crippen LogP contribution in [-0.2, 0) is 12.2 Å². The van der Waals surface area contributed by atoms with Crippen LogP contribution in [-0.4, -0.2) is 26.9 Å². The molecule has 4 rings (SSSR count). The monoisotopic (exact) mass is 408 g/mol. The second kappa shape index (κ2) is 8.58. The molecule has 0 fully saturated rings. The van der Waals surface area contributed by atoms with Crippen molar-refractivity contribution in [3.05, 3.63) is 71.5 Å². The zero-order valence-electron chi connectivity index (χ0n) is 15.7. The molecule has 0 radical (unpaired) electrons. The standard InChI is InChI=1S/C21H20N4OS2/c1-3-15-8-10-16(11-9-15)20-23-17(12-27-20)13-28-21-24-22-14-25(21)18-6-4-5-7-19(18)26-2/h4-12,14H,3,13H2,1-2H3. The normalized spacial score (nSPS) is 10.9. The summed E-state index contributed by atoms with van der Waals surface area (Å²) in [6, 6.07) is 16.5. The number of hydrogen-bond acceptors (Lipinski definition) is 6. The van der Waals surface area contributed by atoms with Gasteiger partial charge >= 0.3 is 0 Å². The number of rotatable bonds is 7. The summed E-state index contributed by atoms with van der Waals surface area (Å²) in [4.78, 5) is 4.79. The second-order valence-electron chi connectivity index (χ2n) is 6.14. The summed E-state index contributed by atoms with van der Waals surface area (Å²) in [6.45, 7) is 2.16. The number of para-hydroxylation sites is 2. The van der Waals surface area contributed by atoms with Gasteiger partial charge in [0.05, 0.1) is 18.5 Å². The summed E-state index contributed by atoms with van der Waals surface area (Å²) in [7, 11) is 1.67. The van der Waals surface area contributed by atoms with Gasteiger partial charge in [0.15, 0.2) is 5.16 Å². The van der Waals surface area contributed by atoms with E-state index in [1.807, 2.05) is 28.8 Å². The van der Waals surface area contributed by atoms with E-state index >= 15 is 0 Å². The molecule has 7 heteroatoms. The van der Waals surface area contributed by atoms with Crippen molar-refractivity contribution in [3.63, 3.8) is 0 Å². The van der Waals surface area contributed by atoms with Crippen LogP contribution in [0.4, 0.5) is 0 Å². The fraction of sp³-hybridized carbons (Fsp3) is 0.190. The molecule has 4 aromatic rings. The molecule has 0 aliphatic heterocycles. The minimum Gasteiger partial charge on any atom is -0.495 e. The maximum absolute atomic E-state index is 5.46. The Hall–Kier alpha value is -2.64. The summed E-state index contributed by atoms with van der Waals surface area (Å²) >= 11 is 3.29. The lowest BCUT2D eigenvalue weighted by molar-refractivity contribution is 0.412. The van der Waals surface area contributed by atoms with Crippen LogP contribution in [0.5, 0.6) is 5.75 Å². The van der Waals surface area contributed by atoms with Gasteiger partial charge in [0.2, 0.25) is 0 Å². The van der Waals surface area contributed by atoms with Gasteiger partial charge in [-0.3, -0.25) is 4.57 Å². The third-order valence-electron chi connectivity index (χ3n) is 4.37. The molecule has 0 bridgehead atoms. The molecule has 0 saturated heterocycles. The van der Waals surface area contributed by atoms with Crippen molar-refractivity contribution in [2.24, 2.45) is 0 Å². The van der Waals surface area contributed by atoms with E-state index in [0.717, 1.165) is 45.0 Å². The summed E-state index contributed by atoms with van der Waals surface area (Å²) in [5.74, 6) is 1.52. The fourth-order valence-corrected chi connectivity index (χ4v) is 4.59. The van der Waals surface area contributed by atoms with Gasteiger partial charge in [0.25, 0.3) is 0 Å². The van der Waals surface area contributed by atoms with Crippen LogP contribution in [0.2, 0.25) is 0 Å². The lowest BCUT2D eigenvalue weighted by Gasteiger charge is -2.10. The third kappa shape index (κ3) is 3.95. The van der Waals surface area contributed by atoms with Crippen LogP contribution < -0.4 is 4.74 Å². The molecule has 0 aliphatic rings. The summed E-state index contributed by atoms with van der Waals surface area (Å²) in [5, 5.41) is 12.3. The number of nitrogens with zero attached hydrogens (tertiary/aromatic N) is 4. The molecule has 2 heterocycles. The fourth-order valence-electron chi connectivity index (χ4n) is 2.84. The number of hydrogen-bond donors (Lipinski definition) is 0. The first-order valence-corrected chi connectivity index (χ1v) is 10.8. The Kier molecular flexibility index (Phi) is 5.73. The van der Waals surface area contributed by atoms with Gasteiger partial charge < -0.3 is 4.74 Å². The highest BCUT2D eigenvalue weighted by Gasteiger charge is 2.12. The minimum absolute atomic E-state index is 0.734. The highest BCUT2D eigenvalue weighted by Crippen LogP contribution is 2.30. The average molecular weight is 409 g/mol. The molecule has 5 nitrogen and oxygen atoms in total. The Labute approximate surface area is 172 Å². The maximum Gasteiger partial charge on any atom is 0.196 e. The van der Waals surface area contributed by atoms with E-state index in [2.05, 4.69) is 46.8 Å². The number of methoxy groups -OCH3 is 1. The Morgan fingerprint density at radius 1 is 1.11 bits per heavy atom. The van der Waals surface area contributed by atoms with Crippen LogP contribution in [0.25, 0.3) is 16.3 Å². The molecule has 0 saturated carbocycles. The first-order valence-electron chi connectivity index (χ1n) is 8.98. The number of benzene rings is 2. The van der Waals surface area contributed by atoms with Gasteiger partial charge in [-0.2, -0.15) is 0 Å². The van der Waals surface area contributed by atoms with Crippen molar-refractivity contribution in [2.45, 2.75) is 24.3 Å². The Morgan fingerprint density at radius 2 is 1.93 bits per heavy atom. The Balaban J connectivity index is 1.49. The van der Waals surface area contributed by atoms with Gasteiger partial charge in [-0.1, -0.05) is 55.1 Å². The molecule has 2 aromatic heterocycles. The molecule has 0 unspecified atom stereocenters. The predicted molar refractivity (Wildman–Crippen MR) is 114 cm³/mol. The molecule has 0 spiro atoms. The van der Waals surface area contributed by atoms with E-state index in [-0.39, 0.29) is 0 Å². The van der Waals surface area contributed by atoms with Gasteiger partial charge in [-0.15, -0.1) is 21.5 Å². The van der Waals surface area contributed by atoms with Crippen LogP contribution >= 0.6 is 23.1 Å². The predicted octanol–water partition coefficient (Wildman–Crippen LogP) is 5.25. The molecule has 0 aliphatic carbocycles. The first kappa shape index (κ1) is 18.7. The minimum atomic E-state index is 0.734. The van der Waals surface area contributed by atoms with Crippen molar-refractivity contribution in [1.29, 1.82) is 0 Å². The average Bonchev–Trinajstić information content (AvgIpc) is 3.41. The Bertz CT molecular complexity index is 1060. The van der Waals surface area contributed by atoms with E-state index in [1.165, 1.54) is 5.56 Å². The first-order chi connectivity index (χ1) is 13.8. The number of thiazole rings is 1. The molecule has 28 heavy (non-hydrogen) atoms. The van der Waals surface area contributed by atoms with E-state index in [1.54, 1.807) is 36.5 Å². The molecular weight excluding hydrogens is 388 g/mol. The SMILES string of the molecule is CCc1ccc(-c2nc(CSc3nncn3-c3ccccc3OC)cs2)cc1. The number of aryl methyl sites for hydroxylation is 1. The summed E-state index contributed by atoms with van der Waals surface area (Å²) in [6.07, 6.45) is 2.76. The van der Waals surface area contributed by atoms with Crippen molar-refractivity contribution >= 4 is 23.1 Å². The van der Waals surface area contributed by atoms with Crippen molar-refractivity contribution < 1.29 is 4.74 Å². The van der Waals surface area contributed by atoms with Crippen LogP contribution in [0.1, 0.15) is 18.2 Å². The van der Waals surface area contributed by atoms with E-state index in [0.29, 0.717) is 0 Å². The van der Waals surface area contributed by atoms with E-state index in [4.69, 9.17) is 9.72 Å². The second-order valence-corrected chi connectivity index (χ2v) is 7.94. The number of ether oxygens (including phenoxy) is 1. The Morgan fingerprint density at radius 3 is 2.71 bits per heavy atom. The number of aromatic nitrogens is 4. The topological polar surface area (TPSA) is 52.8 Å². The largest absolute Gasteiger partial charge is 0.495 e. The molecule has 0 N–H and O–H groups in total. The van der Waals surface area contributed by atoms with Crippen LogP contribution in [0.15, 0.2) is 65.4 Å². The quantitative estimate of drug-likeness (QED) is 0.391. The number of thioether (sulfide) groups is 1. The summed E-state index contributed by atoms with van der Waals surface area (Å²) in [5.41, 5.74) is 4.47. The smallest absolute Gasteiger partial charge is 0.196 e. The highest BCUT2D eigenvalue weighted by molar-refractivity contribution is 7.98. The molecule has 0 amide bonds. The zero-order valence-corrected chi connectivity index (χ0v) is 17.3. The van der Waals surface area contributed by atoms with Crippen LogP contribution in [0.3, 0.4) is 0 Å².